The molecule has 0 unspecified atom stereocenters. The first-order valence-electron chi connectivity index (χ1n) is 5.62. The highest BCUT2D eigenvalue weighted by molar-refractivity contribution is 5.67. The number of non-ortho nitro benzene ring substituents is 1. The lowest BCUT2D eigenvalue weighted by atomic mass is 10.2. The molecule has 0 atom stereocenters. The van der Waals surface area contributed by atoms with Gasteiger partial charge in [-0.3, -0.25) is 25.7 Å². The molecule has 0 fully saturated rings. The van der Waals surface area contributed by atoms with Gasteiger partial charge < -0.3 is 0 Å². The van der Waals surface area contributed by atoms with Crippen molar-refractivity contribution in [2.45, 2.75) is 20.3 Å². The smallest absolute Gasteiger partial charge is 0.272 e. The van der Waals surface area contributed by atoms with Crippen molar-refractivity contribution in [2.75, 3.05) is 5.43 Å². The number of anilines is 1. The molecule has 0 amide bonds. The number of benzene rings is 1. The van der Waals surface area contributed by atoms with E-state index in [1.807, 2.05) is 13.8 Å². The van der Waals surface area contributed by atoms with Gasteiger partial charge >= 0.3 is 5.69 Å². The van der Waals surface area contributed by atoms with E-state index in [1.54, 1.807) is 6.21 Å². The minimum absolute atomic E-state index is 0.121. The van der Waals surface area contributed by atoms with Gasteiger partial charge in [-0.15, -0.1) is 0 Å². The van der Waals surface area contributed by atoms with Crippen LogP contribution in [0.3, 0.4) is 0 Å². The predicted octanol–water partition coefficient (Wildman–Crippen LogP) is 2.95. The normalized spacial score (nSPS) is 10.9. The van der Waals surface area contributed by atoms with E-state index in [2.05, 4.69) is 10.5 Å². The number of nitro benzene ring substituents is 2. The van der Waals surface area contributed by atoms with Crippen molar-refractivity contribution in [1.29, 1.82) is 0 Å². The fourth-order valence-corrected chi connectivity index (χ4v) is 1.26. The van der Waals surface area contributed by atoms with E-state index in [-0.39, 0.29) is 17.1 Å². The second kappa shape index (κ2) is 6.43. The zero-order valence-electron chi connectivity index (χ0n) is 10.6. The summed E-state index contributed by atoms with van der Waals surface area (Å²) in [6.07, 6.45) is 2.34. The second-order valence-electron chi connectivity index (χ2n) is 4.27. The molecule has 0 heterocycles. The summed E-state index contributed by atoms with van der Waals surface area (Å²) in [6.45, 7) is 4.03. The summed E-state index contributed by atoms with van der Waals surface area (Å²) >= 11 is 0. The summed E-state index contributed by atoms with van der Waals surface area (Å²) in [7, 11) is 0. The van der Waals surface area contributed by atoms with Crippen molar-refractivity contribution in [3.8, 4) is 0 Å². The Morgan fingerprint density at radius 1 is 1.32 bits per heavy atom. The van der Waals surface area contributed by atoms with Gasteiger partial charge in [0.15, 0.2) is 0 Å². The minimum atomic E-state index is -0.687. The van der Waals surface area contributed by atoms with Gasteiger partial charge in [0.05, 0.1) is 15.9 Å². The summed E-state index contributed by atoms with van der Waals surface area (Å²) in [5, 5.41) is 25.2. The first-order valence-corrected chi connectivity index (χ1v) is 5.62. The van der Waals surface area contributed by atoms with Gasteiger partial charge in [-0.2, -0.15) is 5.10 Å². The molecule has 1 rings (SSSR count). The Bertz CT molecular complexity index is 513. The van der Waals surface area contributed by atoms with E-state index < -0.39 is 9.85 Å². The quantitative estimate of drug-likeness (QED) is 0.483. The monoisotopic (exact) mass is 266 g/mol. The summed E-state index contributed by atoms with van der Waals surface area (Å²) < 4.78 is 0. The Balaban J connectivity index is 2.91. The van der Waals surface area contributed by atoms with Crippen LogP contribution >= 0.6 is 0 Å². The Morgan fingerprint density at radius 2 is 2.00 bits per heavy atom. The first kappa shape index (κ1) is 14.6. The Kier molecular flexibility index (Phi) is 4.92. The lowest BCUT2D eigenvalue weighted by molar-refractivity contribution is -0.393. The van der Waals surface area contributed by atoms with E-state index in [1.165, 1.54) is 12.1 Å². The maximum atomic E-state index is 10.8. The molecule has 1 aromatic carbocycles. The lowest BCUT2D eigenvalue weighted by Crippen LogP contribution is -1.99. The molecule has 0 saturated carbocycles. The SMILES string of the molecule is CC(C)C/C=N/Nc1ccc([N+](=O)[O-])cc1[N+](=O)[O-]. The van der Waals surface area contributed by atoms with Crippen molar-refractivity contribution in [3.63, 3.8) is 0 Å². The standard InChI is InChI=1S/C11H14N4O4/c1-8(2)5-6-12-13-10-4-3-9(14(16)17)7-11(10)15(18)19/h3-4,6-8,13H,5H2,1-2H3/b12-6+. The Labute approximate surface area is 109 Å². The zero-order valence-corrected chi connectivity index (χ0v) is 10.6. The fraction of sp³-hybridized carbons (Fsp3) is 0.364. The second-order valence-corrected chi connectivity index (χ2v) is 4.27. The molecule has 0 radical (unpaired) electrons. The molecule has 8 nitrogen and oxygen atoms in total. The van der Waals surface area contributed by atoms with E-state index >= 15 is 0 Å². The van der Waals surface area contributed by atoms with Crippen LogP contribution in [0.5, 0.6) is 0 Å². The molecule has 1 N–H and O–H groups in total. The van der Waals surface area contributed by atoms with Gasteiger partial charge in [-0.05, 0) is 18.4 Å². The number of rotatable bonds is 6. The third kappa shape index (κ3) is 4.34. The largest absolute Gasteiger partial charge is 0.301 e. The Hall–Kier alpha value is -2.51. The summed E-state index contributed by atoms with van der Waals surface area (Å²) in [4.78, 5) is 20.0. The van der Waals surface area contributed by atoms with Crippen LogP contribution in [0.1, 0.15) is 20.3 Å². The highest BCUT2D eigenvalue weighted by Gasteiger charge is 2.18. The molecular weight excluding hydrogens is 252 g/mol. The third-order valence-electron chi connectivity index (χ3n) is 2.24. The van der Waals surface area contributed by atoms with Crippen molar-refractivity contribution in [2.24, 2.45) is 11.0 Å². The number of nitrogens with one attached hydrogen (secondary N) is 1. The van der Waals surface area contributed by atoms with E-state index in [0.717, 1.165) is 12.5 Å². The molecule has 0 aliphatic heterocycles. The molecule has 0 bridgehead atoms. The molecule has 0 aliphatic rings. The molecule has 1 aromatic rings. The lowest BCUT2D eigenvalue weighted by Gasteiger charge is -2.02. The van der Waals surface area contributed by atoms with Crippen LogP contribution < -0.4 is 5.43 Å². The molecule has 0 aromatic heterocycles. The van der Waals surface area contributed by atoms with Crippen LogP contribution in [0.2, 0.25) is 0 Å². The van der Waals surface area contributed by atoms with Crippen molar-refractivity contribution < 1.29 is 9.85 Å². The van der Waals surface area contributed by atoms with E-state index in [0.29, 0.717) is 5.92 Å². The molecule has 102 valence electrons. The fourth-order valence-electron chi connectivity index (χ4n) is 1.26. The van der Waals surface area contributed by atoms with Gasteiger partial charge in [0.25, 0.3) is 5.69 Å². The highest BCUT2D eigenvalue weighted by atomic mass is 16.6. The van der Waals surface area contributed by atoms with Crippen molar-refractivity contribution in [3.05, 3.63) is 38.4 Å². The van der Waals surface area contributed by atoms with Gasteiger partial charge in [-0.1, -0.05) is 13.8 Å². The third-order valence-corrected chi connectivity index (χ3v) is 2.24. The predicted molar refractivity (Wildman–Crippen MR) is 71.3 cm³/mol. The summed E-state index contributed by atoms with van der Waals surface area (Å²) in [5.74, 6) is 0.428. The number of hydrogen-bond acceptors (Lipinski definition) is 6. The molecule has 0 saturated heterocycles. The maximum Gasteiger partial charge on any atom is 0.301 e. The topological polar surface area (TPSA) is 111 Å². The van der Waals surface area contributed by atoms with Gasteiger partial charge in [0, 0.05) is 12.3 Å². The van der Waals surface area contributed by atoms with E-state index in [9.17, 15) is 20.2 Å². The number of hydrogen-bond donors (Lipinski definition) is 1. The maximum absolute atomic E-state index is 10.8. The van der Waals surface area contributed by atoms with Gasteiger partial charge in [0.2, 0.25) is 0 Å². The van der Waals surface area contributed by atoms with Crippen molar-refractivity contribution in [1.82, 2.24) is 0 Å². The molecule has 0 aliphatic carbocycles. The summed E-state index contributed by atoms with van der Waals surface area (Å²) in [5.41, 5.74) is 1.93. The van der Waals surface area contributed by atoms with Crippen LogP contribution in [0.15, 0.2) is 23.3 Å². The number of nitrogens with zero attached hydrogens (tertiary/aromatic N) is 3. The first-order chi connectivity index (χ1) is 8.91. The molecule has 19 heavy (non-hydrogen) atoms. The van der Waals surface area contributed by atoms with Crippen LogP contribution in [0.4, 0.5) is 17.1 Å². The number of hydrazone groups is 1. The average molecular weight is 266 g/mol. The molecule has 0 spiro atoms. The molecule has 8 heteroatoms. The van der Waals surface area contributed by atoms with Crippen LogP contribution in [-0.2, 0) is 0 Å². The van der Waals surface area contributed by atoms with E-state index in [4.69, 9.17) is 0 Å². The zero-order chi connectivity index (χ0) is 14.4. The minimum Gasteiger partial charge on any atom is -0.272 e. The average Bonchev–Trinajstić information content (AvgIpc) is 2.34. The number of nitro groups is 2. The molecular formula is C11H14N4O4. The summed E-state index contributed by atoms with van der Waals surface area (Å²) in [6, 6.07) is 3.36. The Morgan fingerprint density at radius 3 is 2.53 bits per heavy atom. The van der Waals surface area contributed by atoms with Crippen LogP contribution in [-0.4, -0.2) is 16.1 Å². The van der Waals surface area contributed by atoms with Gasteiger partial charge in [0.1, 0.15) is 5.69 Å². The van der Waals surface area contributed by atoms with Gasteiger partial charge in [-0.25, -0.2) is 0 Å². The van der Waals surface area contributed by atoms with Crippen LogP contribution in [0.25, 0.3) is 0 Å². The van der Waals surface area contributed by atoms with Crippen LogP contribution in [0, 0.1) is 26.1 Å². The van der Waals surface area contributed by atoms with Crippen molar-refractivity contribution >= 4 is 23.3 Å². The highest BCUT2D eigenvalue weighted by Crippen LogP contribution is 2.28.